The number of amides is 1. The topological polar surface area (TPSA) is 41.5 Å². The summed E-state index contributed by atoms with van der Waals surface area (Å²) in [5, 5.41) is 4.65. The van der Waals surface area contributed by atoms with E-state index < -0.39 is 0 Å². The molecular formula is C25H41ClN2O. The standard InChI is InChI=1S/C25H41ClN2O/c1-2-3-4-5-6-7-8-9-10-11-12-13-14-15-16-20-25(29)28-27-22-23-18-17-19-24(26)21-23/h17-19,21-22H,2-16,20H2,1H3,(H,28,29). The van der Waals surface area contributed by atoms with Gasteiger partial charge in [0.1, 0.15) is 0 Å². The lowest BCUT2D eigenvalue weighted by atomic mass is 10.0. The second-order valence-electron chi connectivity index (χ2n) is 8.05. The summed E-state index contributed by atoms with van der Waals surface area (Å²) in [6.45, 7) is 2.28. The van der Waals surface area contributed by atoms with Gasteiger partial charge in [-0.1, -0.05) is 121 Å². The van der Waals surface area contributed by atoms with Crippen LogP contribution in [-0.4, -0.2) is 12.1 Å². The molecule has 0 aromatic heterocycles. The molecule has 29 heavy (non-hydrogen) atoms. The van der Waals surface area contributed by atoms with Crippen LogP contribution in [0.5, 0.6) is 0 Å². The third kappa shape index (κ3) is 16.2. The lowest BCUT2D eigenvalue weighted by Gasteiger charge is -2.03. The molecule has 4 heteroatoms. The van der Waals surface area contributed by atoms with Gasteiger partial charge in [-0.3, -0.25) is 4.79 Å². The maximum Gasteiger partial charge on any atom is 0.240 e. The normalized spacial score (nSPS) is 11.2. The molecule has 0 atom stereocenters. The molecule has 0 saturated heterocycles. The van der Waals surface area contributed by atoms with Crippen molar-refractivity contribution in [1.82, 2.24) is 5.43 Å². The monoisotopic (exact) mass is 420 g/mol. The minimum absolute atomic E-state index is 0.0158. The molecule has 1 aromatic rings. The number of hydrogen-bond donors (Lipinski definition) is 1. The molecule has 0 aliphatic heterocycles. The number of carbonyl (C=O) groups is 1. The van der Waals surface area contributed by atoms with E-state index in [1.54, 1.807) is 6.21 Å². The Bertz CT molecular complexity index is 560. The average molecular weight is 421 g/mol. The summed E-state index contributed by atoms with van der Waals surface area (Å²) in [4.78, 5) is 11.8. The first kappa shape index (κ1) is 25.7. The fourth-order valence-corrected chi connectivity index (χ4v) is 3.68. The lowest BCUT2D eigenvalue weighted by Crippen LogP contribution is -2.16. The van der Waals surface area contributed by atoms with Gasteiger partial charge in [-0.25, -0.2) is 5.43 Å². The minimum atomic E-state index is -0.0158. The maximum absolute atomic E-state index is 11.8. The van der Waals surface area contributed by atoms with Crippen molar-refractivity contribution in [1.29, 1.82) is 0 Å². The minimum Gasteiger partial charge on any atom is -0.273 e. The Balaban J connectivity index is 1.84. The zero-order valence-corrected chi connectivity index (χ0v) is 19.2. The molecule has 0 spiro atoms. The van der Waals surface area contributed by atoms with Gasteiger partial charge in [-0.15, -0.1) is 0 Å². The van der Waals surface area contributed by atoms with Crippen LogP contribution in [0.25, 0.3) is 0 Å². The van der Waals surface area contributed by atoms with Crippen molar-refractivity contribution >= 4 is 23.7 Å². The Labute approximate surface area is 183 Å². The van der Waals surface area contributed by atoms with E-state index in [1.807, 2.05) is 24.3 Å². The summed E-state index contributed by atoms with van der Waals surface area (Å²) in [5.74, 6) is -0.0158. The predicted molar refractivity (Wildman–Crippen MR) is 127 cm³/mol. The fraction of sp³-hybridized carbons (Fsp3) is 0.680. The highest BCUT2D eigenvalue weighted by Crippen LogP contribution is 2.13. The molecule has 0 radical (unpaired) electrons. The number of halogens is 1. The van der Waals surface area contributed by atoms with Crippen molar-refractivity contribution in [3.63, 3.8) is 0 Å². The number of hydrogen-bond acceptors (Lipinski definition) is 2. The van der Waals surface area contributed by atoms with Crippen molar-refractivity contribution in [2.45, 2.75) is 110 Å². The number of rotatable bonds is 18. The van der Waals surface area contributed by atoms with Gasteiger partial charge in [0, 0.05) is 11.4 Å². The molecule has 0 bridgehead atoms. The third-order valence-electron chi connectivity index (χ3n) is 5.26. The van der Waals surface area contributed by atoms with E-state index in [0.717, 1.165) is 18.4 Å². The molecular weight excluding hydrogens is 380 g/mol. The quantitative estimate of drug-likeness (QED) is 0.145. The first-order valence-electron chi connectivity index (χ1n) is 11.8. The maximum atomic E-state index is 11.8. The van der Waals surface area contributed by atoms with E-state index in [9.17, 15) is 4.79 Å². The largest absolute Gasteiger partial charge is 0.273 e. The van der Waals surface area contributed by atoms with Gasteiger partial charge >= 0.3 is 0 Å². The van der Waals surface area contributed by atoms with Crippen LogP contribution in [-0.2, 0) is 4.79 Å². The van der Waals surface area contributed by atoms with Crippen LogP contribution in [0.1, 0.15) is 115 Å². The second kappa shape index (κ2) is 18.7. The van der Waals surface area contributed by atoms with Crippen LogP contribution in [0.2, 0.25) is 5.02 Å². The van der Waals surface area contributed by atoms with E-state index in [-0.39, 0.29) is 5.91 Å². The lowest BCUT2D eigenvalue weighted by molar-refractivity contribution is -0.121. The Kier molecular flexibility index (Phi) is 16.5. The van der Waals surface area contributed by atoms with E-state index in [4.69, 9.17) is 11.6 Å². The first-order chi connectivity index (χ1) is 14.2. The van der Waals surface area contributed by atoms with Gasteiger partial charge in [-0.2, -0.15) is 5.10 Å². The zero-order valence-electron chi connectivity index (χ0n) is 18.4. The van der Waals surface area contributed by atoms with Gasteiger partial charge in [0.15, 0.2) is 0 Å². The molecule has 1 N–H and O–H groups in total. The van der Waals surface area contributed by atoms with Gasteiger partial charge in [0.05, 0.1) is 6.21 Å². The number of hydrazone groups is 1. The van der Waals surface area contributed by atoms with Crippen LogP contribution in [0.4, 0.5) is 0 Å². The average Bonchev–Trinajstić information content (AvgIpc) is 2.71. The van der Waals surface area contributed by atoms with Gasteiger partial charge in [-0.05, 0) is 24.1 Å². The number of benzene rings is 1. The van der Waals surface area contributed by atoms with Crippen molar-refractivity contribution in [3.05, 3.63) is 34.9 Å². The summed E-state index contributed by atoms with van der Waals surface area (Å²) < 4.78 is 0. The highest BCUT2D eigenvalue weighted by atomic mass is 35.5. The van der Waals surface area contributed by atoms with Crippen molar-refractivity contribution in [2.24, 2.45) is 5.10 Å². The summed E-state index contributed by atoms with van der Waals surface area (Å²) in [6.07, 6.45) is 22.1. The van der Waals surface area contributed by atoms with Crippen molar-refractivity contribution in [3.8, 4) is 0 Å². The van der Waals surface area contributed by atoms with Crippen LogP contribution in [0, 0.1) is 0 Å². The van der Waals surface area contributed by atoms with Crippen molar-refractivity contribution < 1.29 is 4.79 Å². The van der Waals surface area contributed by atoms with Crippen LogP contribution < -0.4 is 5.43 Å². The molecule has 1 rings (SSSR count). The van der Waals surface area contributed by atoms with Crippen LogP contribution in [0.3, 0.4) is 0 Å². The molecule has 3 nitrogen and oxygen atoms in total. The molecule has 0 unspecified atom stereocenters. The molecule has 164 valence electrons. The SMILES string of the molecule is CCCCCCCCCCCCCCCCCC(=O)NN=Cc1cccc(Cl)c1. The van der Waals surface area contributed by atoms with Gasteiger partial charge in [0.25, 0.3) is 0 Å². The smallest absolute Gasteiger partial charge is 0.240 e. The second-order valence-corrected chi connectivity index (χ2v) is 8.48. The molecule has 0 saturated carbocycles. The molecule has 1 aromatic carbocycles. The van der Waals surface area contributed by atoms with E-state index in [1.165, 1.54) is 83.5 Å². The highest BCUT2D eigenvalue weighted by molar-refractivity contribution is 6.30. The molecule has 0 aliphatic carbocycles. The highest BCUT2D eigenvalue weighted by Gasteiger charge is 2.00. The fourth-order valence-electron chi connectivity index (χ4n) is 3.48. The van der Waals surface area contributed by atoms with Crippen molar-refractivity contribution in [2.75, 3.05) is 0 Å². The summed E-state index contributed by atoms with van der Waals surface area (Å²) in [5.41, 5.74) is 3.47. The molecule has 0 heterocycles. The number of unbranched alkanes of at least 4 members (excludes halogenated alkanes) is 14. The molecule has 1 amide bonds. The molecule has 0 fully saturated rings. The van der Waals surface area contributed by atoms with Crippen LogP contribution in [0.15, 0.2) is 29.4 Å². The van der Waals surface area contributed by atoms with E-state index >= 15 is 0 Å². The summed E-state index contributed by atoms with van der Waals surface area (Å²) in [6, 6.07) is 7.39. The Hall–Kier alpha value is -1.35. The predicted octanol–water partition coefficient (Wildman–Crippen LogP) is 8.05. The van der Waals surface area contributed by atoms with E-state index in [2.05, 4.69) is 17.5 Å². The Morgan fingerprint density at radius 1 is 0.862 bits per heavy atom. The summed E-state index contributed by atoms with van der Waals surface area (Å²) >= 11 is 5.91. The number of nitrogens with zero attached hydrogens (tertiary/aromatic N) is 1. The van der Waals surface area contributed by atoms with E-state index in [0.29, 0.717) is 11.4 Å². The Morgan fingerprint density at radius 2 is 1.38 bits per heavy atom. The third-order valence-corrected chi connectivity index (χ3v) is 5.49. The Morgan fingerprint density at radius 3 is 1.90 bits per heavy atom. The first-order valence-corrected chi connectivity index (χ1v) is 12.2. The number of carbonyl (C=O) groups excluding carboxylic acids is 1. The van der Waals surface area contributed by atoms with Crippen LogP contribution >= 0.6 is 11.6 Å². The van der Waals surface area contributed by atoms with Gasteiger partial charge in [0.2, 0.25) is 5.91 Å². The number of nitrogens with one attached hydrogen (secondary N) is 1. The van der Waals surface area contributed by atoms with Gasteiger partial charge < -0.3 is 0 Å². The molecule has 0 aliphatic rings. The summed E-state index contributed by atoms with van der Waals surface area (Å²) in [7, 11) is 0. The zero-order chi connectivity index (χ0) is 21.0.